The third kappa shape index (κ3) is 7.46. The Kier molecular flexibility index (Phi) is 9.52. The molecule has 0 aliphatic carbocycles. The molecule has 2 aliphatic rings. The van der Waals surface area contributed by atoms with Gasteiger partial charge in [-0.25, -0.2) is 14.3 Å². The third-order valence-corrected chi connectivity index (χ3v) is 8.58. The van der Waals surface area contributed by atoms with E-state index in [1.807, 2.05) is 6.07 Å². The van der Waals surface area contributed by atoms with E-state index in [0.29, 0.717) is 54.7 Å². The minimum Gasteiger partial charge on any atom is -0.444 e. The number of hydrogen-bond acceptors (Lipinski definition) is 8. The van der Waals surface area contributed by atoms with E-state index in [1.54, 1.807) is 31.4 Å². The van der Waals surface area contributed by atoms with Gasteiger partial charge in [0.15, 0.2) is 11.5 Å². The van der Waals surface area contributed by atoms with E-state index in [-0.39, 0.29) is 31.5 Å². The number of morpholine rings is 1. The molecule has 0 unspecified atom stereocenters. The number of hydrogen-bond donors (Lipinski definition) is 2. The lowest BCUT2D eigenvalue weighted by Gasteiger charge is -2.28. The molecule has 2 atom stereocenters. The summed E-state index contributed by atoms with van der Waals surface area (Å²) in [5.74, 6) is 0.172. The van der Waals surface area contributed by atoms with Crippen LogP contribution < -0.4 is 10.2 Å². The lowest BCUT2D eigenvalue weighted by atomic mass is 9.98. The Labute approximate surface area is 272 Å². The zero-order chi connectivity index (χ0) is 32.7. The summed E-state index contributed by atoms with van der Waals surface area (Å²) in [6, 6.07) is 5.00. The highest BCUT2D eigenvalue weighted by Crippen LogP contribution is 2.34. The first-order chi connectivity index (χ1) is 21.1. The molecule has 45 heavy (non-hydrogen) atoms. The smallest absolute Gasteiger partial charge is 0.416 e. The van der Waals surface area contributed by atoms with Gasteiger partial charge in [-0.1, -0.05) is 12.1 Å². The van der Waals surface area contributed by atoms with Gasteiger partial charge >= 0.3 is 12.3 Å². The summed E-state index contributed by atoms with van der Waals surface area (Å²) in [6.45, 7) is 8.81. The average molecular weight is 745 g/mol. The molecule has 2 fully saturated rings. The molecule has 3 aromatic rings. The van der Waals surface area contributed by atoms with Crippen molar-refractivity contribution in [2.75, 3.05) is 37.7 Å². The van der Waals surface area contributed by atoms with Gasteiger partial charge < -0.3 is 24.8 Å². The minimum absolute atomic E-state index is 0.0366. The van der Waals surface area contributed by atoms with Crippen LogP contribution in [0.4, 0.5) is 23.8 Å². The number of fused-ring (bicyclic) bond motifs is 1. The fraction of sp³-hybridized carbons (Fsp3) is 0.533. The highest BCUT2D eigenvalue weighted by molar-refractivity contribution is 14.1. The van der Waals surface area contributed by atoms with Crippen LogP contribution in [0, 0.1) is 10.5 Å². The molecule has 2 N–H and O–H groups in total. The number of anilines is 1. The summed E-state index contributed by atoms with van der Waals surface area (Å²) in [7, 11) is 0. The summed E-state index contributed by atoms with van der Waals surface area (Å²) < 4.78 is 54.6. The zero-order valence-corrected chi connectivity index (χ0v) is 27.6. The number of amides is 2. The van der Waals surface area contributed by atoms with Crippen molar-refractivity contribution in [3.8, 4) is 0 Å². The number of aromatic nitrogens is 3. The number of aliphatic hydroxyl groups excluding tert-OH is 1. The molecular weight excluding hydrogens is 708 g/mol. The molecule has 244 valence electrons. The highest BCUT2D eigenvalue weighted by atomic mass is 127. The summed E-state index contributed by atoms with van der Waals surface area (Å²) in [6.07, 6.45) is -6.01. The van der Waals surface area contributed by atoms with Crippen molar-refractivity contribution in [1.29, 1.82) is 0 Å². The summed E-state index contributed by atoms with van der Waals surface area (Å²) >= 11 is 2.16. The predicted octanol–water partition coefficient (Wildman–Crippen LogP) is 4.08. The number of benzene rings is 1. The topological polar surface area (TPSA) is 122 Å². The number of likely N-dealkylation sites (tertiary alicyclic amines) is 1. The average Bonchev–Trinajstić information content (AvgIpc) is 3.52. The fourth-order valence-corrected chi connectivity index (χ4v) is 6.19. The van der Waals surface area contributed by atoms with Crippen molar-refractivity contribution in [2.24, 2.45) is 0 Å². The van der Waals surface area contributed by atoms with E-state index in [9.17, 15) is 27.9 Å². The number of imidazole rings is 1. The second kappa shape index (κ2) is 12.9. The number of aliphatic hydroxyl groups is 1. The van der Waals surface area contributed by atoms with E-state index < -0.39 is 41.5 Å². The van der Waals surface area contributed by atoms with Gasteiger partial charge in [-0.2, -0.15) is 13.2 Å². The number of ether oxygens (including phenoxy) is 2. The number of nitrogens with zero attached hydrogens (tertiary/aromatic N) is 5. The van der Waals surface area contributed by atoms with Crippen LogP contribution in [0.2, 0.25) is 0 Å². The van der Waals surface area contributed by atoms with Gasteiger partial charge in [0, 0.05) is 25.9 Å². The summed E-state index contributed by atoms with van der Waals surface area (Å²) in [4.78, 5) is 34.2. The molecule has 1 aromatic carbocycles. The molecule has 4 heterocycles. The maximum atomic E-state index is 13.8. The molecule has 0 saturated carbocycles. The van der Waals surface area contributed by atoms with E-state index >= 15 is 0 Å². The lowest BCUT2D eigenvalue weighted by Crippen LogP contribution is -2.47. The van der Waals surface area contributed by atoms with Crippen molar-refractivity contribution < 1.29 is 37.3 Å². The molecule has 2 saturated heterocycles. The Hall–Kier alpha value is -3.18. The largest absolute Gasteiger partial charge is 0.444 e. The lowest BCUT2D eigenvalue weighted by molar-refractivity contribution is -0.138. The van der Waals surface area contributed by atoms with Crippen LogP contribution in [0.3, 0.4) is 0 Å². The second-order valence-electron chi connectivity index (χ2n) is 12.2. The van der Waals surface area contributed by atoms with Gasteiger partial charge in [-0.05, 0) is 73.5 Å². The molecule has 5 rings (SSSR count). The standard InChI is InChI=1S/C30H36F3IN6O5/c1-17-18(6-5-7-20(17)30(31,32)33)12-23-22(36-26-21(34)14-25(37-40(23)26)38-8-10-44-11-9-38)15-35-27(42)24-13-19(41)16-39(24)28(43)45-29(2,3)4/h5-7,14,19,24,41H,8-13,15-16H2,1-4H3,(H,35,42)/t19-,24+/m1/s1. The maximum Gasteiger partial charge on any atom is 0.416 e. The van der Waals surface area contributed by atoms with E-state index in [2.05, 4.69) is 32.8 Å². The monoisotopic (exact) mass is 744 g/mol. The number of carbonyl (C=O) groups excluding carboxylic acids is 2. The van der Waals surface area contributed by atoms with Crippen LogP contribution in [0.1, 0.15) is 55.3 Å². The molecule has 0 radical (unpaired) electrons. The van der Waals surface area contributed by atoms with Crippen molar-refractivity contribution in [2.45, 2.75) is 71.0 Å². The number of β-amino-alcohol motifs (C(OH)–C–C–N with tert-alkyl or cyclic N) is 1. The molecule has 15 heteroatoms. The van der Waals surface area contributed by atoms with Gasteiger partial charge in [0.2, 0.25) is 5.91 Å². The Morgan fingerprint density at radius 3 is 2.58 bits per heavy atom. The SMILES string of the molecule is Cc1c(Cc2c(CNC(=O)[C@@H]3C[C@@H](O)CN3C(=O)OC(C)(C)C)nc3c(I)cc(N4CCOCC4)nn23)cccc1C(F)(F)F. The third-order valence-electron chi connectivity index (χ3n) is 7.79. The summed E-state index contributed by atoms with van der Waals surface area (Å²) in [5.41, 5.74) is 0.487. The molecular formula is C30H36F3IN6O5. The van der Waals surface area contributed by atoms with Gasteiger partial charge in [0.25, 0.3) is 0 Å². The quantitative estimate of drug-likeness (QED) is 0.363. The number of carbonyl (C=O) groups is 2. The molecule has 0 bridgehead atoms. The Balaban J connectivity index is 1.49. The Morgan fingerprint density at radius 2 is 1.91 bits per heavy atom. The Morgan fingerprint density at radius 1 is 1.20 bits per heavy atom. The number of alkyl halides is 3. The molecule has 2 aliphatic heterocycles. The van der Waals surface area contributed by atoms with E-state index in [0.717, 1.165) is 9.64 Å². The predicted molar refractivity (Wildman–Crippen MR) is 167 cm³/mol. The molecule has 2 amide bonds. The molecule has 2 aromatic heterocycles. The summed E-state index contributed by atoms with van der Waals surface area (Å²) in [5, 5.41) is 18.0. The number of nitrogens with one attached hydrogen (secondary N) is 1. The van der Waals surface area contributed by atoms with Crippen molar-refractivity contribution in [3.05, 3.63) is 55.9 Å². The normalized spacial score (nSPS) is 19.3. The van der Waals surface area contributed by atoms with Crippen molar-refractivity contribution >= 4 is 46.1 Å². The maximum absolute atomic E-state index is 13.8. The van der Waals surface area contributed by atoms with Crippen molar-refractivity contribution in [1.82, 2.24) is 24.8 Å². The minimum atomic E-state index is -4.51. The van der Waals surface area contributed by atoms with Crippen LogP contribution in [-0.2, 0) is 33.4 Å². The number of rotatable bonds is 6. The van der Waals surface area contributed by atoms with Gasteiger partial charge in [-0.3, -0.25) is 9.69 Å². The van der Waals surface area contributed by atoms with Gasteiger partial charge in [-0.15, -0.1) is 5.10 Å². The second-order valence-corrected chi connectivity index (χ2v) is 13.4. The van der Waals surface area contributed by atoms with Crippen molar-refractivity contribution in [3.63, 3.8) is 0 Å². The zero-order valence-electron chi connectivity index (χ0n) is 25.4. The van der Waals surface area contributed by atoms with E-state index in [1.165, 1.54) is 17.9 Å². The number of halogens is 4. The van der Waals surface area contributed by atoms with Crippen LogP contribution in [-0.4, -0.2) is 87.2 Å². The van der Waals surface area contributed by atoms with Gasteiger partial charge in [0.05, 0.1) is 52.9 Å². The van der Waals surface area contributed by atoms with Crippen LogP contribution in [0.5, 0.6) is 0 Å². The van der Waals surface area contributed by atoms with E-state index in [4.69, 9.17) is 19.6 Å². The highest BCUT2D eigenvalue weighted by Gasteiger charge is 2.41. The molecule has 0 spiro atoms. The van der Waals surface area contributed by atoms with Gasteiger partial charge in [0.1, 0.15) is 11.6 Å². The molecule has 11 nitrogen and oxygen atoms in total. The first-order valence-corrected chi connectivity index (χ1v) is 15.7. The first kappa shape index (κ1) is 33.2. The van der Waals surface area contributed by atoms with Crippen LogP contribution in [0.15, 0.2) is 24.3 Å². The van der Waals surface area contributed by atoms with Crippen LogP contribution in [0.25, 0.3) is 5.65 Å². The fourth-order valence-electron chi connectivity index (χ4n) is 5.56. The Bertz CT molecular complexity index is 1580. The van der Waals surface area contributed by atoms with Crippen LogP contribution >= 0.6 is 22.6 Å². The first-order valence-electron chi connectivity index (χ1n) is 14.6.